The second-order valence-corrected chi connectivity index (χ2v) is 7.45. The Morgan fingerprint density at radius 2 is 1.13 bits per heavy atom. The quantitative estimate of drug-likeness (QED) is 0.485. The van der Waals surface area contributed by atoms with Gasteiger partial charge in [0.25, 0.3) is 0 Å². The molecule has 0 spiro atoms. The van der Waals surface area contributed by atoms with Gasteiger partial charge in [-0.05, 0) is 54.6 Å². The third-order valence-corrected chi connectivity index (χ3v) is 5.13. The average Bonchev–Trinajstić information content (AvgIpc) is 2.77. The zero-order valence-corrected chi connectivity index (χ0v) is 16.5. The molecular weight excluding hydrogens is 374 g/mol. The summed E-state index contributed by atoms with van der Waals surface area (Å²) in [6, 6.07) is 11.7. The van der Waals surface area contributed by atoms with Gasteiger partial charge >= 0.3 is 0 Å². The lowest BCUT2D eigenvalue weighted by Crippen LogP contribution is -2.34. The molecule has 0 N–H and O–H groups in total. The van der Waals surface area contributed by atoms with Crippen molar-refractivity contribution in [3.8, 4) is 0 Å². The highest BCUT2D eigenvalue weighted by Crippen LogP contribution is 2.23. The molecule has 0 atom stereocenters. The monoisotopic (exact) mass is 393 g/mol. The van der Waals surface area contributed by atoms with Crippen LogP contribution in [0.2, 0.25) is 0 Å². The fraction of sp³-hybridized carbons (Fsp3) is 0.125. The SMILES string of the molecule is CN1C/C(=C\c2ccc3nccnc3c2)C(=O)/C(=C/c2ccc3nccnc3c2)C1. The lowest BCUT2D eigenvalue weighted by Gasteiger charge is -2.26. The molecule has 0 bridgehead atoms. The van der Waals surface area contributed by atoms with Gasteiger partial charge in [0.15, 0.2) is 5.78 Å². The van der Waals surface area contributed by atoms with Gasteiger partial charge in [-0.1, -0.05) is 12.1 Å². The number of fused-ring (bicyclic) bond motifs is 2. The van der Waals surface area contributed by atoms with Crippen molar-refractivity contribution in [2.75, 3.05) is 20.1 Å². The number of ketones is 1. The van der Waals surface area contributed by atoms with Gasteiger partial charge in [-0.2, -0.15) is 0 Å². The van der Waals surface area contributed by atoms with Crippen LogP contribution in [-0.4, -0.2) is 50.8 Å². The van der Waals surface area contributed by atoms with Crippen LogP contribution < -0.4 is 0 Å². The fourth-order valence-corrected chi connectivity index (χ4v) is 3.75. The van der Waals surface area contributed by atoms with Crippen molar-refractivity contribution in [3.05, 3.63) is 83.5 Å². The molecule has 3 heterocycles. The number of carbonyl (C=O) groups is 1. The predicted octanol–water partition coefficient (Wildman–Crippen LogP) is 3.55. The van der Waals surface area contributed by atoms with Crippen LogP contribution in [0.4, 0.5) is 0 Å². The summed E-state index contributed by atoms with van der Waals surface area (Å²) in [7, 11) is 2.02. The Balaban J connectivity index is 1.50. The number of rotatable bonds is 2. The molecule has 1 saturated heterocycles. The van der Waals surface area contributed by atoms with Crippen LogP contribution in [0, 0.1) is 0 Å². The zero-order valence-electron chi connectivity index (χ0n) is 16.5. The normalized spacial score (nSPS) is 18.0. The molecule has 1 aliphatic heterocycles. The molecule has 6 nitrogen and oxygen atoms in total. The smallest absolute Gasteiger partial charge is 0.187 e. The standard InChI is InChI=1S/C24H19N5O/c1-29-14-18(10-16-2-4-20-22(12-16)27-8-6-25-20)24(30)19(15-29)11-17-3-5-21-23(13-17)28-9-7-26-21/h2-13H,14-15H2,1H3/b18-10+,19-11+. The maximum atomic E-state index is 13.2. The van der Waals surface area contributed by atoms with E-state index in [4.69, 9.17) is 0 Å². The number of carbonyl (C=O) groups excluding carboxylic acids is 1. The average molecular weight is 393 g/mol. The van der Waals surface area contributed by atoms with Crippen LogP contribution in [0.25, 0.3) is 34.2 Å². The van der Waals surface area contributed by atoms with Crippen LogP contribution in [0.1, 0.15) is 11.1 Å². The van der Waals surface area contributed by atoms with Crippen molar-refractivity contribution >= 4 is 40.0 Å². The van der Waals surface area contributed by atoms with Crippen LogP contribution in [-0.2, 0) is 4.79 Å². The number of hydrogen-bond donors (Lipinski definition) is 0. The van der Waals surface area contributed by atoms with Crippen LogP contribution in [0.15, 0.2) is 72.3 Å². The Bertz CT molecular complexity index is 1240. The fourth-order valence-electron chi connectivity index (χ4n) is 3.75. The molecule has 6 heteroatoms. The van der Waals surface area contributed by atoms with E-state index in [0.29, 0.717) is 13.1 Å². The van der Waals surface area contributed by atoms with Gasteiger partial charge in [0.05, 0.1) is 22.1 Å². The third kappa shape index (κ3) is 3.60. The van der Waals surface area contributed by atoms with Crippen molar-refractivity contribution in [1.82, 2.24) is 24.8 Å². The summed E-state index contributed by atoms with van der Waals surface area (Å²) in [6.45, 7) is 1.22. The van der Waals surface area contributed by atoms with E-state index in [1.165, 1.54) is 0 Å². The zero-order chi connectivity index (χ0) is 20.5. The molecule has 0 saturated carbocycles. The van der Waals surface area contributed by atoms with E-state index in [2.05, 4.69) is 24.8 Å². The molecule has 5 rings (SSSR count). The molecule has 1 aliphatic rings. The molecule has 1 fully saturated rings. The molecular formula is C24H19N5O. The summed E-state index contributed by atoms with van der Waals surface area (Å²) < 4.78 is 0. The van der Waals surface area contributed by atoms with Gasteiger partial charge in [0.1, 0.15) is 0 Å². The molecule has 2 aromatic heterocycles. The highest BCUT2D eigenvalue weighted by Gasteiger charge is 2.24. The van der Waals surface area contributed by atoms with E-state index in [1.54, 1.807) is 24.8 Å². The first-order valence-electron chi connectivity index (χ1n) is 9.72. The van der Waals surface area contributed by atoms with E-state index < -0.39 is 0 Å². The summed E-state index contributed by atoms with van der Waals surface area (Å²) in [6.07, 6.45) is 10.6. The van der Waals surface area contributed by atoms with Crippen molar-refractivity contribution in [2.45, 2.75) is 0 Å². The summed E-state index contributed by atoms with van der Waals surface area (Å²) in [5.74, 6) is 0.0755. The minimum Gasteiger partial charge on any atom is -0.298 e. The summed E-state index contributed by atoms with van der Waals surface area (Å²) in [5, 5.41) is 0. The molecule has 146 valence electrons. The number of aromatic nitrogens is 4. The number of nitrogens with zero attached hydrogens (tertiary/aromatic N) is 5. The molecule has 0 unspecified atom stereocenters. The van der Waals surface area contributed by atoms with E-state index in [0.717, 1.165) is 44.3 Å². The first kappa shape index (κ1) is 18.3. The maximum Gasteiger partial charge on any atom is 0.187 e. The largest absolute Gasteiger partial charge is 0.298 e. The van der Waals surface area contributed by atoms with Gasteiger partial charge < -0.3 is 0 Å². The van der Waals surface area contributed by atoms with E-state index in [1.807, 2.05) is 55.6 Å². The molecule has 0 aliphatic carbocycles. The van der Waals surface area contributed by atoms with E-state index >= 15 is 0 Å². The lowest BCUT2D eigenvalue weighted by atomic mass is 9.94. The Morgan fingerprint density at radius 1 is 0.700 bits per heavy atom. The lowest BCUT2D eigenvalue weighted by molar-refractivity contribution is -0.113. The molecule has 0 amide bonds. The van der Waals surface area contributed by atoms with Crippen LogP contribution >= 0.6 is 0 Å². The summed E-state index contributed by atoms with van der Waals surface area (Å²) in [4.78, 5) is 32.6. The van der Waals surface area contributed by atoms with Crippen molar-refractivity contribution in [3.63, 3.8) is 0 Å². The first-order valence-corrected chi connectivity index (χ1v) is 9.72. The third-order valence-electron chi connectivity index (χ3n) is 5.13. The number of hydrogen-bond acceptors (Lipinski definition) is 6. The topological polar surface area (TPSA) is 71.9 Å². The number of benzene rings is 2. The van der Waals surface area contributed by atoms with Gasteiger partial charge in [0, 0.05) is 49.0 Å². The van der Waals surface area contributed by atoms with Crippen LogP contribution in [0.5, 0.6) is 0 Å². The summed E-state index contributed by atoms with van der Waals surface area (Å²) >= 11 is 0. The Kier molecular flexibility index (Phi) is 4.61. The predicted molar refractivity (Wildman–Crippen MR) is 118 cm³/mol. The Hall–Kier alpha value is -3.77. The van der Waals surface area contributed by atoms with Gasteiger partial charge in [-0.15, -0.1) is 0 Å². The Labute approximate surface area is 173 Å². The van der Waals surface area contributed by atoms with E-state index in [-0.39, 0.29) is 5.78 Å². The Morgan fingerprint density at radius 3 is 1.60 bits per heavy atom. The highest BCUT2D eigenvalue weighted by atomic mass is 16.1. The van der Waals surface area contributed by atoms with Gasteiger partial charge in [-0.25, -0.2) is 0 Å². The molecule has 0 radical (unpaired) electrons. The van der Waals surface area contributed by atoms with Crippen molar-refractivity contribution in [1.29, 1.82) is 0 Å². The molecule has 2 aromatic carbocycles. The highest BCUT2D eigenvalue weighted by molar-refractivity contribution is 6.14. The molecule has 30 heavy (non-hydrogen) atoms. The van der Waals surface area contributed by atoms with E-state index in [9.17, 15) is 4.79 Å². The van der Waals surface area contributed by atoms with Crippen LogP contribution in [0.3, 0.4) is 0 Å². The van der Waals surface area contributed by atoms with Gasteiger partial charge in [-0.3, -0.25) is 29.6 Å². The number of likely N-dealkylation sites (tertiary alicyclic amines) is 1. The maximum absolute atomic E-state index is 13.2. The second kappa shape index (κ2) is 7.57. The summed E-state index contributed by atoms with van der Waals surface area (Å²) in [5.41, 5.74) is 6.73. The number of piperidine rings is 1. The molecule has 4 aromatic rings. The van der Waals surface area contributed by atoms with Crippen molar-refractivity contribution in [2.24, 2.45) is 0 Å². The van der Waals surface area contributed by atoms with Gasteiger partial charge in [0.2, 0.25) is 0 Å². The minimum atomic E-state index is 0.0755. The first-order chi connectivity index (χ1) is 14.7. The van der Waals surface area contributed by atoms with Crippen molar-refractivity contribution < 1.29 is 4.79 Å². The second-order valence-electron chi connectivity index (χ2n) is 7.45. The number of Topliss-reactive ketones (excluding diaryl/α,β-unsaturated/α-hetero) is 1. The number of likely N-dealkylation sites (N-methyl/N-ethyl adjacent to an activating group) is 1. The minimum absolute atomic E-state index is 0.0755.